The molecule has 0 saturated carbocycles. The molecule has 23 heavy (non-hydrogen) atoms. The molecule has 0 radical (unpaired) electrons. The minimum absolute atomic E-state index is 0.211. The number of carbonyl (C=O) groups excluding carboxylic acids is 2. The summed E-state index contributed by atoms with van der Waals surface area (Å²) in [5.41, 5.74) is 1.63. The number of carbonyl (C=O) groups is 2. The molecule has 2 aromatic rings. The van der Waals surface area contributed by atoms with E-state index in [0.29, 0.717) is 12.1 Å². The highest BCUT2D eigenvalue weighted by molar-refractivity contribution is 6.33. The van der Waals surface area contributed by atoms with E-state index in [1.165, 1.54) is 6.07 Å². The molecule has 1 amide bonds. The summed E-state index contributed by atoms with van der Waals surface area (Å²) in [6.07, 6.45) is 0.309. The van der Waals surface area contributed by atoms with E-state index >= 15 is 0 Å². The molecule has 0 unspecified atom stereocenters. The fraction of sp³-hybridized carbons (Fsp3) is 0.118. The molecule has 0 fully saturated rings. The van der Waals surface area contributed by atoms with Crippen molar-refractivity contribution in [2.45, 2.75) is 6.42 Å². The molecule has 0 spiro atoms. The molecule has 5 nitrogen and oxygen atoms in total. The van der Waals surface area contributed by atoms with Crippen LogP contribution in [0.15, 0.2) is 48.5 Å². The van der Waals surface area contributed by atoms with Gasteiger partial charge in [-0.1, -0.05) is 35.9 Å². The lowest BCUT2D eigenvalue weighted by molar-refractivity contribution is -0.119. The number of nitrogens with zero attached hydrogens (tertiary/aromatic N) is 1. The number of nitrogens with one attached hydrogen (secondary N) is 1. The van der Waals surface area contributed by atoms with Gasteiger partial charge in [-0.3, -0.25) is 4.79 Å². The van der Waals surface area contributed by atoms with Crippen LogP contribution in [0.1, 0.15) is 15.9 Å². The molecule has 0 atom stereocenters. The second kappa shape index (κ2) is 7.97. The monoisotopic (exact) mass is 328 g/mol. The van der Waals surface area contributed by atoms with Gasteiger partial charge in [0.1, 0.15) is 0 Å². The van der Waals surface area contributed by atoms with Crippen LogP contribution < -0.4 is 5.32 Å². The van der Waals surface area contributed by atoms with Gasteiger partial charge in [-0.05, 0) is 29.8 Å². The topological polar surface area (TPSA) is 79.2 Å². The number of amides is 1. The summed E-state index contributed by atoms with van der Waals surface area (Å²) in [7, 11) is 0. The zero-order valence-corrected chi connectivity index (χ0v) is 12.8. The first-order chi connectivity index (χ1) is 11.1. The number of hydrogen-bond donors (Lipinski definition) is 1. The molecule has 0 heterocycles. The number of nitriles is 1. The number of rotatable bonds is 5. The molecule has 0 aromatic heterocycles. The summed E-state index contributed by atoms with van der Waals surface area (Å²) in [5, 5.41) is 11.5. The van der Waals surface area contributed by atoms with Gasteiger partial charge in [-0.15, -0.1) is 0 Å². The molecule has 2 aromatic carbocycles. The van der Waals surface area contributed by atoms with Gasteiger partial charge in [0, 0.05) is 5.69 Å². The highest BCUT2D eigenvalue weighted by Gasteiger charge is 2.13. The van der Waals surface area contributed by atoms with Gasteiger partial charge in [0.25, 0.3) is 5.91 Å². The van der Waals surface area contributed by atoms with Gasteiger partial charge >= 0.3 is 5.97 Å². The summed E-state index contributed by atoms with van der Waals surface area (Å²) >= 11 is 5.88. The molecule has 0 bridgehead atoms. The first kappa shape index (κ1) is 16.5. The average molecular weight is 329 g/mol. The smallest absolute Gasteiger partial charge is 0.340 e. The summed E-state index contributed by atoms with van der Waals surface area (Å²) in [5.74, 6) is -1.12. The van der Waals surface area contributed by atoms with Gasteiger partial charge in [-0.25, -0.2) is 4.79 Å². The van der Waals surface area contributed by atoms with E-state index in [1.54, 1.807) is 42.5 Å². The largest absolute Gasteiger partial charge is 0.452 e. The first-order valence-corrected chi connectivity index (χ1v) is 7.15. The average Bonchev–Trinajstić information content (AvgIpc) is 2.55. The molecule has 6 heteroatoms. The minimum atomic E-state index is -0.657. The Labute approximate surface area is 138 Å². The zero-order chi connectivity index (χ0) is 16.7. The van der Waals surface area contributed by atoms with Crippen molar-refractivity contribution in [3.8, 4) is 6.07 Å². The van der Waals surface area contributed by atoms with Crippen LogP contribution in [0.4, 0.5) is 5.69 Å². The number of ether oxygens (including phenoxy) is 1. The molecule has 0 aliphatic heterocycles. The van der Waals surface area contributed by atoms with Crippen molar-refractivity contribution < 1.29 is 14.3 Å². The lowest BCUT2D eigenvalue weighted by Gasteiger charge is -2.07. The number of benzene rings is 2. The van der Waals surface area contributed by atoms with Crippen LogP contribution in [0.5, 0.6) is 0 Å². The summed E-state index contributed by atoms with van der Waals surface area (Å²) in [6, 6.07) is 15.3. The SMILES string of the molecule is N#CCc1ccc(NC(=O)COC(=O)c2ccccc2Cl)cc1. The molecule has 2 rings (SSSR count). The molecular formula is C17H13ClN2O3. The predicted octanol–water partition coefficient (Wildman–Crippen LogP) is 3.20. The number of halogens is 1. The highest BCUT2D eigenvalue weighted by atomic mass is 35.5. The Morgan fingerprint density at radius 3 is 2.48 bits per heavy atom. The Kier molecular flexibility index (Phi) is 5.73. The minimum Gasteiger partial charge on any atom is -0.452 e. The van der Waals surface area contributed by atoms with Crippen molar-refractivity contribution in [2.24, 2.45) is 0 Å². The second-order valence-electron chi connectivity index (χ2n) is 4.64. The summed E-state index contributed by atoms with van der Waals surface area (Å²) in [6.45, 7) is -0.413. The molecule has 116 valence electrons. The van der Waals surface area contributed by atoms with Crippen molar-refractivity contribution in [3.05, 3.63) is 64.7 Å². The van der Waals surface area contributed by atoms with Gasteiger partial charge in [0.15, 0.2) is 6.61 Å². The predicted molar refractivity (Wildman–Crippen MR) is 86.1 cm³/mol. The third kappa shape index (κ3) is 4.83. The van der Waals surface area contributed by atoms with Crippen LogP contribution in [0, 0.1) is 11.3 Å². The zero-order valence-electron chi connectivity index (χ0n) is 12.1. The normalized spacial score (nSPS) is 9.74. The summed E-state index contributed by atoms with van der Waals surface area (Å²) in [4.78, 5) is 23.6. The van der Waals surface area contributed by atoms with Crippen molar-refractivity contribution >= 4 is 29.2 Å². The Balaban J connectivity index is 1.87. The third-order valence-electron chi connectivity index (χ3n) is 2.95. The Morgan fingerprint density at radius 1 is 1.13 bits per heavy atom. The first-order valence-electron chi connectivity index (χ1n) is 6.77. The quantitative estimate of drug-likeness (QED) is 0.855. The van der Waals surface area contributed by atoms with Gasteiger partial charge in [-0.2, -0.15) is 5.26 Å². The fourth-order valence-corrected chi connectivity index (χ4v) is 2.04. The Morgan fingerprint density at radius 2 is 1.83 bits per heavy atom. The van der Waals surface area contributed by atoms with E-state index < -0.39 is 18.5 Å². The van der Waals surface area contributed by atoms with E-state index in [4.69, 9.17) is 21.6 Å². The molecule has 1 N–H and O–H groups in total. The van der Waals surface area contributed by atoms with Crippen molar-refractivity contribution in [2.75, 3.05) is 11.9 Å². The maximum atomic E-state index is 11.8. The van der Waals surface area contributed by atoms with Crippen molar-refractivity contribution in [1.29, 1.82) is 5.26 Å². The maximum Gasteiger partial charge on any atom is 0.340 e. The van der Waals surface area contributed by atoms with Crippen LogP contribution in [0.25, 0.3) is 0 Å². The Hall–Kier alpha value is -2.84. The van der Waals surface area contributed by atoms with Gasteiger partial charge < -0.3 is 10.1 Å². The third-order valence-corrected chi connectivity index (χ3v) is 3.28. The molecule has 0 saturated heterocycles. The summed E-state index contributed by atoms with van der Waals surface area (Å²) < 4.78 is 4.93. The van der Waals surface area contributed by atoms with Crippen LogP contribution >= 0.6 is 11.6 Å². The van der Waals surface area contributed by atoms with Crippen LogP contribution in [-0.4, -0.2) is 18.5 Å². The van der Waals surface area contributed by atoms with E-state index in [9.17, 15) is 9.59 Å². The van der Waals surface area contributed by atoms with E-state index in [0.717, 1.165) is 5.56 Å². The van der Waals surface area contributed by atoms with E-state index in [-0.39, 0.29) is 10.6 Å². The van der Waals surface area contributed by atoms with Crippen molar-refractivity contribution in [1.82, 2.24) is 0 Å². The van der Waals surface area contributed by atoms with E-state index in [1.807, 2.05) is 6.07 Å². The standard InChI is InChI=1S/C17H13ClN2O3/c18-15-4-2-1-3-14(15)17(22)23-11-16(21)20-13-7-5-12(6-8-13)9-10-19/h1-8H,9,11H2,(H,20,21). The molecular weight excluding hydrogens is 316 g/mol. The van der Waals surface area contributed by atoms with Crippen LogP contribution in [-0.2, 0) is 16.0 Å². The second-order valence-corrected chi connectivity index (χ2v) is 5.04. The number of anilines is 1. The maximum absolute atomic E-state index is 11.8. The Bertz CT molecular complexity index is 751. The van der Waals surface area contributed by atoms with Crippen molar-refractivity contribution in [3.63, 3.8) is 0 Å². The highest BCUT2D eigenvalue weighted by Crippen LogP contribution is 2.16. The fourth-order valence-electron chi connectivity index (χ4n) is 1.83. The van der Waals surface area contributed by atoms with Crippen LogP contribution in [0.3, 0.4) is 0 Å². The van der Waals surface area contributed by atoms with Gasteiger partial charge in [0.05, 0.1) is 23.1 Å². The van der Waals surface area contributed by atoms with E-state index in [2.05, 4.69) is 5.32 Å². The number of esters is 1. The molecule has 0 aliphatic rings. The molecule has 0 aliphatic carbocycles. The van der Waals surface area contributed by atoms with Crippen LogP contribution in [0.2, 0.25) is 5.02 Å². The lowest BCUT2D eigenvalue weighted by atomic mass is 10.1. The number of hydrogen-bond acceptors (Lipinski definition) is 4. The lowest BCUT2D eigenvalue weighted by Crippen LogP contribution is -2.21. The van der Waals surface area contributed by atoms with Gasteiger partial charge in [0.2, 0.25) is 0 Å².